The average molecular weight is 403 g/mol. The summed E-state index contributed by atoms with van der Waals surface area (Å²) in [7, 11) is 0. The first-order chi connectivity index (χ1) is 13.4. The van der Waals surface area contributed by atoms with Gasteiger partial charge in [-0.2, -0.15) is 0 Å². The molecular formula is C22H14N2O2S2. The smallest absolute Gasteiger partial charge is 0.286 e. The van der Waals surface area contributed by atoms with Gasteiger partial charge >= 0.3 is 0 Å². The number of nitro benzene ring substituents is 1. The molecule has 0 amide bonds. The second-order valence-electron chi connectivity index (χ2n) is 5.81. The fourth-order valence-electron chi connectivity index (χ4n) is 2.33. The van der Waals surface area contributed by atoms with Gasteiger partial charge in [0.1, 0.15) is 5.56 Å². The van der Waals surface area contributed by atoms with E-state index in [4.69, 9.17) is 5.73 Å². The molecule has 2 N–H and O–H groups in total. The summed E-state index contributed by atoms with van der Waals surface area (Å²) in [5, 5.41) is 11.4. The van der Waals surface area contributed by atoms with Crippen molar-refractivity contribution in [3.05, 3.63) is 93.0 Å². The van der Waals surface area contributed by atoms with E-state index < -0.39 is 4.92 Å². The van der Waals surface area contributed by atoms with Crippen molar-refractivity contribution < 1.29 is 4.92 Å². The third-order valence-electron chi connectivity index (χ3n) is 3.78. The maximum absolute atomic E-state index is 11.4. The summed E-state index contributed by atoms with van der Waals surface area (Å²) in [5.74, 6) is 11.6. The molecule has 0 fully saturated rings. The largest absolute Gasteiger partial charge is 0.398 e. The van der Waals surface area contributed by atoms with Gasteiger partial charge in [0.15, 0.2) is 0 Å². The van der Waals surface area contributed by atoms with Crippen LogP contribution in [-0.4, -0.2) is 4.92 Å². The predicted octanol–water partition coefficient (Wildman–Crippen LogP) is 4.55. The Morgan fingerprint density at radius 2 is 1.36 bits per heavy atom. The van der Waals surface area contributed by atoms with Crippen LogP contribution in [0.25, 0.3) is 0 Å². The van der Waals surface area contributed by atoms with Crippen molar-refractivity contribution in [2.24, 2.45) is 0 Å². The molecule has 0 heterocycles. The number of nitro groups is 1. The molecule has 0 saturated carbocycles. The van der Waals surface area contributed by atoms with Crippen molar-refractivity contribution in [1.29, 1.82) is 0 Å². The molecule has 0 spiro atoms. The number of nitrogen functional groups attached to an aromatic ring is 1. The fraction of sp³-hybridized carbons (Fsp3) is 0. The van der Waals surface area contributed by atoms with E-state index in [1.54, 1.807) is 30.3 Å². The highest BCUT2D eigenvalue weighted by atomic mass is 32.1. The highest BCUT2D eigenvalue weighted by Crippen LogP contribution is 2.20. The predicted molar refractivity (Wildman–Crippen MR) is 117 cm³/mol. The van der Waals surface area contributed by atoms with Gasteiger partial charge in [0, 0.05) is 38.2 Å². The maximum atomic E-state index is 11.4. The molecule has 0 radical (unpaired) electrons. The normalized spacial score (nSPS) is 9.64. The Morgan fingerprint density at radius 1 is 0.786 bits per heavy atom. The molecule has 0 aliphatic carbocycles. The quantitative estimate of drug-likeness (QED) is 0.184. The van der Waals surface area contributed by atoms with E-state index in [2.05, 4.69) is 48.9 Å². The molecule has 6 heteroatoms. The minimum Gasteiger partial charge on any atom is -0.398 e. The van der Waals surface area contributed by atoms with Crippen LogP contribution in [0.4, 0.5) is 11.4 Å². The van der Waals surface area contributed by atoms with E-state index in [-0.39, 0.29) is 5.69 Å². The second-order valence-corrected chi connectivity index (χ2v) is 6.81. The van der Waals surface area contributed by atoms with Crippen LogP contribution in [0.1, 0.15) is 22.3 Å². The Bertz CT molecular complexity index is 1180. The SMILES string of the molecule is Nc1cc(C#Cc2ccc(C#Cc3ccc(S)cc3)c([N+](=O)[O-])c2)ccc1S. The van der Waals surface area contributed by atoms with Crippen LogP contribution in [0.3, 0.4) is 0 Å². The third-order valence-corrected chi connectivity index (χ3v) is 4.49. The number of benzene rings is 3. The molecule has 0 unspecified atom stereocenters. The van der Waals surface area contributed by atoms with Crippen molar-refractivity contribution in [1.82, 2.24) is 0 Å². The zero-order valence-electron chi connectivity index (χ0n) is 14.5. The number of rotatable bonds is 1. The molecule has 3 aromatic carbocycles. The van der Waals surface area contributed by atoms with Crippen molar-refractivity contribution in [2.45, 2.75) is 9.79 Å². The Kier molecular flexibility index (Phi) is 5.96. The molecule has 28 heavy (non-hydrogen) atoms. The summed E-state index contributed by atoms with van der Waals surface area (Å²) in [6, 6.07) is 17.2. The summed E-state index contributed by atoms with van der Waals surface area (Å²) in [5.41, 5.74) is 8.55. The zero-order valence-corrected chi connectivity index (χ0v) is 16.3. The fourth-order valence-corrected chi connectivity index (χ4v) is 2.62. The molecule has 4 nitrogen and oxygen atoms in total. The minimum atomic E-state index is -0.459. The van der Waals surface area contributed by atoms with Crippen LogP contribution in [0.2, 0.25) is 0 Å². The van der Waals surface area contributed by atoms with Crippen LogP contribution in [0, 0.1) is 33.8 Å². The second kappa shape index (κ2) is 8.58. The molecule has 0 atom stereocenters. The number of hydrogen-bond donors (Lipinski definition) is 3. The Labute approximate surface area is 173 Å². The van der Waals surface area contributed by atoms with Gasteiger partial charge in [-0.25, -0.2) is 0 Å². The van der Waals surface area contributed by atoms with E-state index in [0.717, 1.165) is 10.5 Å². The maximum Gasteiger partial charge on any atom is 0.286 e. The van der Waals surface area contributed by atoms with Gasteiger partial charge in [-0.05, 0) is 54.6 Å². The van der Waals surface area contributed by atoms with Gasteiger partial charge in [-0.3, -0.25) is 10.1 Å². The van der Waals surface area contributed by atoms with E-state index in [0.29, 0.717) is 27.3 Å². The lowest BCUT2D eigenvalue weighted by molar-refractivity contribution is -0.385. The third kappa shape index (κ3) is 4.89. The monoisotopic (exact) mass is 402 g/mol. The van der Waals surface area contributed by atoms with Crippen LogP contribution in [0.5, 0.6) is 0 Å². The highest BCUT2D eigenvalue weighted by Gasteiger charge is 2.12. The average Bonchev–Trinajstić information content (AvgIpc) is 2.68. The Morgan fingerprint density at radius 3 is 2.00 bits per heavy atom. The van der Waals surface area contributed by atoms with Crippen molar-refractivity contribution in [3.63, 3.8) is 0 Å². The van der Waals surface area contributed by atoms with Crippen LogP contribution in [0.15, 0.2) is 70.5 Å². The van der Waals surface area contributed by atoms with E-state index >= 15 is 0 Å². The molecule has 0 bridgehead atoms. The first-order valence-corrected chi connectivity index (χ1v) is 9.02. The summed E-state index contributed by atoms with van der Waals surface area (Å²) < 4.78 is 0. The lowest BCUT2D eigenvalue weighted by Crippen LogP contribution is -1.93. The first kappa shape index (κ1) is 19.4. The van der Waals surface area contributed by atoms with Crippen LogP contribution in [-0.2, 0) is 0 Å². The van der Waals surface area contributed by atoms with Crippen molar-refractivity contribution in [3.8, 4) is 23.7 Å². The van der Waals surface area contributed by atoms with Gasteiger partial charge in [-0.1, -0.05) is 23.7 Å². The summed E-state index contributed by atoms with van der Waals surface area (Å²) in [6.45, 7) is 0. The van der Waals surface area contributed by atoms with Gasteiger partial charge in [0.05, 0.1) is 4.92 Å². The molecule has 136 valence electrons. The molecule has 3 aromatic rings. The van der Waals surface area contributed by atoms with Crippen LogP contribution < -0.4 is 5.73 Å². The number of hydrogen-bond acceptors (Lipinski definition) is 5. The van der Waals surface area contributed by atoms with Gasteiger partial charge < -0.3 is 5.73 Å². The lowest BCUT2D eigenvalue weighted by atomic mass is 10.1. The Hall–Kier alpha value is -3.32. The number of thiol groups is 2. The summed E-state index contributed by atoms with van der Waals surface area (Å²) in [4.78, 5) is 12.5. The minimum absolute atomic E-state index is 0.0877. The topological polar surface area (TPSA) is 69.2 Å². The van der Waals surface area contributed by atoms with E-state index in [1.807, 2.05) is 24.3 Å². The number of anilines is 1. The Balaban J connectivity index is 1.92. The van der Waals surface area contributed by atoms with Crippen molar-refractivity contribution >= 4 is 36.6 Å². The summed E-state index contributed by atoms with van der Waals surface area (Å²) >= 11 is 8.44. The molecule has 0 saturated heterocycles. The standard InChI is InChI=1S/C22H14N2O2S2/c23-20-13-16(7-12-22(20)28)1-2-17-4-9-18(21(14-17)24(25)26)8-3-15-5-10-19(27)11-6-15/h4-7,9-14,27-28H,23H2. The molecule has 0 aliphatic heterocycles. The zero-order chi connectivity index (χ0) is 20.1. The number of nitrogens with two attached hydrogens (primary N) is 1. The van der Waals surface area contributed by atoms with E-state index in [9.17, 15) is 10.1 Å². The number of nitrogens with zero attached hydrogens (tertiary/aromatic N) is 1. The van der Waals surface area contributed by atoms with Gasteiger partial charge in [0.2, 0.25) is 0 Å². The van der Waals surface area contributed by atoms with Gasteiger partial charge in [-0.15, -0.1) is 25.3 Å². The molecule has 3 rings (SSSR count). The van der Waals surface area contributed by atoms with Crippen LogP contribution >= 0.6 is 25.3 Å². The molecule has 0 aliphatic rings. The highest BCUT2D eigenvalue weighted by molar-refractivity contribution is 7.80. The van der Waals surface area contributed by atoms with Crippen molar-refractivity contribution in [2.75, 3.05) is 5.73 Å². The first-order valence-electron chi connectivity index (χ1n) is 8.12. The summed E-state index contributed by atoms with van der Waals surface area (Å²) in [6.07, 6.45) is 0. The van der Waals surface area contributed by atoms with Gasteiger partial charge in [0.25, 0.3) is 5.69 Å². The van der Waals surface area contributed by atoms with E-state index in [1.165, 1.54) is 6.07 Å². The molecule has 0 aromatic heterocycles. The lowest BCUT2D eigenvalue weighted by Gasteiger charge is -1.99. The molecular weight excluding hydrogens is 388 g/mol.